The molecule has 1 aromatic rings. The first kappa shape index (κ1) is 36.1. The molecule has 0 bridgehead atoms. The number of nitrogens with zero attached hydrogens (tertiary/aromatic N) is 3. The number of benzene rings is 1. The lowest BCUT2D eigenvalue weighted by molar-refractivity contribution is -0.175. The molecule has 1 saturated carbocycles. The number of aliphatic hydroxyl groups is 1. The topological polar surface area (TPSA) is 135 Å². The number of methoxy groups -OCH3 is 2. The molecule has 0 spiro atoms. The Morgan fingerprint density at radius 1 is 1.08 bits per heavy atom. The quantitative estimate of drug-likeness (QED) is 0.219. The fourth-order valence-electron chi connectivity index (χ4n) is 9.36. The second-order valence-corrected chi connectivity index (χ2v) is 15.0. The molecule has 0 amide bonds. The number of esters is 2. The van der Waals surface area contributed by atoms with Crippen molar-refractivity contribution in [3.63, 3.8) is 0 Å². The third kappa shape index (κ3) is 6.23. The minimum absolute atomic E-state index is 0.0107. The van der Waals surface area contributed by atoms with Crippen LogP contribution < -0.4 is 9.64 Å². The molecule has 272 valence electrons. The molecule has 0 radical (unpaired) electrons. The monoisotopic (exact) mass is 693 g/mol. The van der Waals surface area contributed by atoms with E-state index >= 15 is 0 Å². The van der Waals surface area contributed by atoms with E-state index in [-0.39, 0.29) is 18.1 Å². The van der Waals surface area contributed by atoms with Crippen LogP contribution in [0, 0.1) is 22.7 Å². The summed E-state index contributed by atoms with van der Waals surface area (Å²) >= 11 is 0. The van der Waals surface area contributed by atoms with Crippen molar-refractivity contribution in [2.24, 2.45) is 22.7 Å². The van der Waals surface area contributed by atoms with E-state index in [2.05, 4.69) is 21.9 Å². The summed E-state index contributed by atoms with van der Waals surface area (Å²) in [6, 6.07) is 8.12. The van der Waals surface area contributed by atoms with Crippen molar-refractivity contribution < 1.29 is 43.2 Å². The predicted molar refractivity (Wildman–Crippen MR) is 184 cm³/mol. The number of hydrogen-bond donors (Lipinski definition) is 1. The number of cyclic esters (lactones) is 1. The molecule has 7 unspecified atom stereocenters. The van der Waals surface area contributed by atoms with Gasteiger partial charge in [-0.25, -0.2) is 4.79 Å². The molecule has 3 aliphatic carbocycles. The van der Waals surface area contributed by atoms with Gasteiger partial charge in [0.05, 0.1) is 31.3 Å². The number of fused-ring (bicyclic) bond motifs is 4. The van der Waals surface area contributed by atoms with Crippen LogP contribution >= 0.6 is 0 Å². The standard InChI is InChI=1S/C38H51N3O9/c1-23(42)49-28-20-37(2)27(12-13-29(37)43)31-33(28)38(3)30(22-47-5)50-36(46)26(32(38)35(45)34(31)44)21-39(4)14-7-15-40-16-18-41(19-17-40)24-8-10-25(48-6)11-9-24/h8-11,21,27-30,32,43H,7,12-20,22H2,1-6H3. The van der Waals surface area contributed by atoms with E-state index in [1.165, 1.54) is 19.7 Å². The molecule has 6 rings (SSSR count). The van der Waals surface area contributed by atoms with E-state index in [9.17, 15) is 24.3 Å². The Hall–Kier alpha value is -3.74. The Labute approximate surface area is 294 Å². The SMILES string of the molecule is COCC1OC(=O)C(=CN(C)CCCN2CCN(c3ccc(OC)cc3)CC2)C2C(=O)C(=O)C3=C(C(OC(C)=O)CC4(C)C(O)CCC34)C12C. The number of hydrogen-bond acceptors (Lipinski definition) is 12. The molecule has 12 heteroatoms. The van der Waals surface area contributed by atoms with Crippen molar-refractivity contribution in [3.05, 3.63) is 47.2 Å². The maximum absolute atomic E-state index is 14.3. The highest BCUT2D eigenvalue weighted by Crippen LogP contribution is 2.63. The lowest BCUT2D eigenvalue weighted by Crippen LogP contribution is -2.63. The number of carbonyl (C=O) groups excluding carboxylic acids is 4. The van der Waals surface area contributed by atoms with Gasteiger partial charge in [0.1, 0.15) is 18.0 Å². The summed E-state index contributed by atoms with van der Waals surface area (Å²) in [5.74, 6) is -3.23. The number of ether oxygens (including phenoxy) is 4. The minimum atomic E-state index is -1.21. The smallest absolute Gasteiger partial charge is 0.336 e. The molecule has 50 heavy (non-hydrogen) atoms. The van der Waals surface area contributed by atoms with E-state index in [1.54, 1.807) is 13.3 Å². The van der Waals surface area contributed by atoms with E-state index < -0.39 is 58.6 Å². The zero-order chi connectivity index (χ0) is 36.0. The van der Waals surface area contributed by atoms with Crippen LogP contribution in [-0.2, 0) is 33.4 Å². The van der Waals surface area contributed by atoms with Gasteiger partial charge in [0, 0.05) is 82.1 Å². The summed E-state index contributed by atoms with van der Waals surface area (Å²) in [5, 5.41) is 11.0. The van der Waals surface area contributed by atoms with E-state index in [4.69, 9.17) is 18.9 Å². The van der Waals surface area contributed by atoms with Crippen molar-refractivity contribution >= 4 is 29.2 Å². The normalized spacial score (nSPS) is 33.5. The number of Topliss-reactive ketones (excluding diaryl/α,β-unsaturated/α-hetero) is 2. The number of allylic oxidation sites excluding steroid dienone is 1. The molecular formula is C38H51N3O9. The van der Waals surface area contributed by atoms with Crippen LogP contribution in [0.3, 0.4) is 0 Å². The number of piperazine rings is 1. The Bertz CT molecular complexity index is 1570. The van der Waals surface area contributed by atoms with Crippen molar-refractivity contribution in [1.82, 2.24) is 9.80 Å². The second-order valence-electron chi connectivity index (χ2n) is 15.0. The average Bonchev–Trinajstić information content (AvgIpc) is 3.38. The van der Waals surface area contributed by atoms with Crippen LogP contribution in [0.5, 0.6) is 5.75 Å². The van der Waals surface area contributed by atoms with Crippen LogP contribution in [-0.4, -0.2) is 124 Å². The molecule has 12 nitrogen and oxygen atoms in total. The molecule has 5 aliphatic rings. The molecule has 2 saturated heterocycles. The highest BCUT2D eigenvalue weighted by Gasteiger charge is 2.67. The van der Waals surface area contributed by atoms with Crippen LogP contribution in [0.1, 0.15) is 46.5 Å². The fraction of sp³-hybridized carbons (Fsp3) is 0.632. The van der Waals surface area contributed by atoms with Gasteiger partial charge < -0.3 is 33.9 Å². The van der Waals surface area contributed by atoms with Crippen LogP contribution in [0.2, 0.25) is 0 Å². The van der Waals surface area contributed by atoms with Gasteiger partial charge in [-0.2, -0.15) is 0 Å². The number of carbonyl (C=O) groups is 4. The summed E-state index contributed by atoms with van der Waals surface area (Å²) in [7, 11) is 5.01. The van der Waals surface area contributed by atoms with Crippen molar-refractivity contribution in [3.8, 4) is 5.75 Å². The maximum Gasteiger partial charge on any atom is 0.336 e. The second kappa shape index (κ2) is 14.1. The fourth-order valence-corrected chi connectivity index (χ4v) is 9.36. The van der Waals surface area contributed by atoms with E-state index in [1.807, 2.05) is 37.9 Å². The Kier molecular flexibility index (Phi) is 10.2. The molecule has 1 aromatic carbocycles. The van der Waals surface area contributed by atoms with E-state index in [0.717, 1.165) is 44.9 Å². The Balaban J connectivity index is 1.22. The van der Waals surface area contributed by atoms with Gasteiger partial charge in [-0.05, 0) is 68.0 Å². The number of aliphatic hydroxyl groups excluding tert-OH is 1. The molecule has 0 aromatic heterocycles. The Morgan fingerprint density at radius 2 is 1.78 bits per heavy atom. The maximum atomic E-state index is 14.3. The molecule has 2 heterocycles. The molecule has 7 atom stereocenters. The zero-order valence-corrected chi connectivity index (χ0v) is 30.1. The summed E-state index contributed by atoms with van der Waals surface area (Å²) < 4.78 is 22.7. The lowest BCUT2D eigenvalue weighted by Gasteiger charge is -2.56. The number of rotatable bonds is 10. The first-order valence-electron chi connectivity index (χ1n) is 17.7. The highest BCUT2D eigenvalue weighted by atomic mass is 16.6. The van der Waals surface area contributed by atoms with Gasteiger partial charge >= 0.3 is 11.9 Å². The highest BCUT2D eigenvalue weighted by molar-refractivity contribution is 6.47. The van der Waals surface area contributed by atoms with Crippen LogP contribution in [0.25, 0.3) is 0 Å². The summed E-state index contributed by atoms with van der Waals surface area (Å²) in [4.78, 5) is 61.3. The number of anilines is 1. The first-order valence-corrected chi connectivity index (χ1v) is 17.7. The van der Waals surface area contributed by atoms with Crippen molar-refractivity contribution in [1.29, 1.82) is 0 Å². The van der Waals surface area contributed by atoms with Gasteiger partial charge in [-0.15, -0.1) is 0 Å². The lowest BCUT2D eigenvalue weighted by atomic mass is 9.50. The van der Waals surface area contributed by atoms with Gasteiger partial charge in [0.25, 0.3) is 0 Å². The summed E-state index contributed by atoms with van der Waals surface area (Å²) in [5.41, 5.74) is 0.162. The average molecular weight is 694 g/mol. The first-order chi connectivity index (χ1) is 23.8. The predicted octanol–water partition coefficient (Wildman–Crippen LogP) is 2.78. The largest absolute Gasteiger partial charge is 0.497 e. The van der Waals surface area contributed by atoms with Crippen molar-refractivity contribution in [2.45, 2.75) is 64.8 Å². The van der Waals surface area contributed by atoms with Gasteiger partial charge in [-0.1, -0.05) is 13.8 Å². The Morgan fingerprint density at radius 3 is 2.42 bits per heavy atom. The molecular weight excluding hydrogens is 642 g/mol. The summed E-state index contributed by atoms with van der Waals surface area (Å²) in [6.45, 7) is 10.2. The van der Waals surface area contributed by atoms with Gasteiger partial charge in [0.15, 0.2) is 0 Å². The molecule has 2 aliphatic heterocycles. The van der Waals surface area contributed by atoms with Crippen molar-refractivity contribution in [2.75, 3.05) is 72.0 Å². The van der Waals surface area contributed by atoms with Gasteiger partial charge in [-0.3, -0.25) is 19.3 Å². The van der Waals surface area contributed by atoms with Gasteiger partial charge in [0.2, 0.25) is 11.6 Å². The third-order valence-electron chi connectivity index (χ3n) is 12.0. The molecule has 1 N–H and O–H groups in total. The third-order valence-corrected chi connectivity index (χ3v) is 12.0. The summed E-state index contributed by atoms with van der Waals surface area (Å²) in [6.07, 6.45) is 1.28. The van der Waals surface area contributed by atoms with E-state index in [0.29, 0.717) is 37.0 Å². The minimum Gasteiger partial charge on any atom is -0.497 e. The van der Waals surface area contributed by atoms with Crippen LogP contribution in [0.15, 0.2) is 47.2 Å². The zero-order valence-electron chi connectivity index (χ0n) is 30.1. The molecule has 3 fully saturated rings. The number of ketones is 2. The van der Waals surface area contributed by atoms with Crippen LogP contribution in [0.4, 0.5) is 5.69 Å².